The fraction of sp³-hybridized carbons (Fsp3) is 0.316. The summed E-state index contributed by atoms with van der Waals surface area (Å²) in [5.41, 5.74) is 7.73. The van der Waals surface area contributed by atoms with E-state index in [-0.39, 0.29) is 10.3 Å². The summed E-state index contributed by atoms with van der Waals surface area (Å²) in [5.74, 6) is -0.562. The summed E-state index contributed by atoms with van der Waals surface area (Å²) in [4.78, 5) is 14.1. The number of primary amides is 1. The van der Waals surface area contributed by atoms with Crippen LogP contribution in [0.2, 0.25) is 5.02 Å². The van der Waals surface area contributed by atoms with Crippen molar-refractivity contribution in [2.24, 2.45) is 5.73 Å². The minimum Gasteiger partial charge on any atom is -0.368 e. The highest BCUT2D eigenvalue weighted by atomic mass is 35.5. The second-order valence-corrected chi connectivity index (χ2v) is 9.71. The second kappa shape index (κ2) is 8.19. The van der Waals surface area contributed by atoms with Crippen molar-refractivity contribution >= 4 is 38.9 Å². The molecule has 0 aliphatic carbocycles. The smallest absolute Gasteiger partial charge is 0.250 e. The topological polar surface area (TPSA) is 92.5 Å². The lowest BCUT2D eigenvalue weighted by Gasteiger charge is -2.37. The van der Waals surface area contributed by atoms with Gasteiger partial charge in [0.2, 0.25) is 0 Å². The molecule has 2 aliphatic rings. The van der Waals surface area contributed by atoms with Gasteiger partial charge in [-0.15, -0.1) is 11.6 Å². The van der Waals surface area contributed by atoms with Crippen molar-refractivity contribution in [3.8, 4) is 0 Å². The number of nitrogens with one attached hydrogen (secondary N) is 1. The van der Waals surface area contributed by atoms with E-state index in [1.54, 1.807) is 30.5 Å². The SMILES string of the molecule is CS(=O)(=O)c1ccc(Cl)cc1CN1CCCC(Cl)/C1=C1/NC=CC=C1C(N)=O. The summed E-state index contributed by atoms with van der Waals surface area (Å²) < 4.78 is 24.4. The number of sulfone groups is 1. The molecule has 1 saturated heterocycles. The molecule has 0 spiro atoms. The predicted molar refractivity (Wildman–Crippen MR) is 110 cm³/mol. The molecule has 28 heavy (non-hydrogen) atoms. The van der Waals surface area contributed by atoms with Crippen LogP contribution in [0.4, 0.5) is 0 Å². The number of hydrogen-bond donors (Lipinski definition) is 2. The molecular formula is C19H21Cl2N3O3S. The molecule has 1 unspecified atom stereocenters. The maximum absolute atomic E-state index is 12.2. The summed E-state index contributed by atoms with van der Waals surface area (Å²) in [6.07, 6.45) is 7.78. The second-order valence-electron chi connectivity index (χ2n) is 6.76. The monoisotopic (exact) mass is 441 g/mol. The first-order valence-corrected chi connectivity index (χ1v) is 11.4. The first-order valence-electron chi connectivity index (χ1n) is 8.73. The summed E-state index contributed by atoms with van der Waals surface area (Å²) >= 11 is 12.7. The summed E-state index contributed by atoms with van der Waals surface area (Å²) in [6.45, 7) is 0.956. The molecule has 1 fully saturated rings. The zero-order valence-corrected chi connectivity index (χ0v) is 17.6. The van der Waals surface area contributed by atoms with E-state index in [1.807, 2.05) is 4.90 Å². The summed E-state index contributed by atoms with van der Waals surface area (Å²) in [6, 6.07) is 4.72. The third kappa shape index (κ3) is 4.37. The summed E-state index contributed by atoms with van der Waals surface area (Å²) in [5, 5.41) is 3.19. The van der Waals surface area contributed by atoms with Gasteiger partial charge in [-0.25, -0.2) is 8.42 Å². The Bertz CT molecular complexity index is 1000. The standard InChI is InChI=1S/C19H21Cl2N3O3S/c1-28(26,27)16-7-6-13(20)10-12(16)11-24-9-3-5-15(21)18(24)17-14(19(22)25)4-2-8-23-17/h2,4,6-8,10,15,23H,3,5,9,11H2,1H3,(H2,22,25)/b18-17-. The molecule has 1 atom stereocenters. The third-order valence-electron chi connectivity index (χ3n) is 4.68. The minimum atomic E-state index is -3.43. The van der Waals surface area contributed by atoms with Crippen LogP contribution in [0.1, 0.15) is 18.4 Å². The zero-order valence-electron chi connectivity index (χ0n) is 15.3. The molecule has 1 aromatic rings. The van der Waals surface area contributed by atoms with E-state index in [1.165, 1.54) is 12.3 Å². The van der Waals surface area contributed by atoms with Crippen LogP contribution >= 0.6 is 23.2 Å². The molecule has 0 aromatic heterocycles. The van der Waals surface area contributed by atoms with E-state index < -0.39 is 15.7 Å². The van der Waals surface area contributed by atoms with E-state index >= 15 is 0 Å². The fourth-order valence-corrected chi connectivity index (χ4v) is 5.00. The van der Waals surface area contributed by atoms with Crippen molar-refractivity contribution in [1.82, 2.24) is 10.2 Å². The van der Waals surface area contributed by atoms with Crippen LogP contribution in [0.25, 0.3) is 0 Å². The molecule has 2 aliphatic heterocycles. The first-order chi connectivity index (χ1) is 13.2. The van der Waals surface area contributed by atoms with Crippen molar-refractivity contribution < 1.29 is 13.2 Å². The normalized spacial score (nSPS) is 22.6. The lowest BCUT2D eigenvalue weighted by Crippen LogP contribution is -2.38. The van der Waals surface area contributed by atoms with E-state index in [0.717, 1.165) is 18.5 Å². The molecule has 1 amide bonds. The van der Waals surface area contributed by atoms with Crippen LogP contribution in [-0.2, 0) is 21.2 Å². The summed E-state index contributed by atoms with van der Waals surface area (Å²) in [7, 11) is -3.43. The van der Waals surface area contributed by atoms with Crippen molar-refractivity contribution in [3.05, 3.63) is 64.1 Å². The number of rotatable bonds is 4. The number of carbonyl (C=O) groups excluding carboxylic acids is 1. The third-order valence-corrected chi connectivity index (χ3v) is 6.54. The Morgan fingerprint density at radius 3 is 2.82 bits per heavy atom. The highest BCUT2D eigenvalue weighted by Gasteiger charge is 2.30. The number of likely N-dealkylation sites (tertiary alicyclic amines) is 1. The van der Waals surface area contributed by atoms with Gasteiger partial charge in [0.05, 0.1) is 27.2 Å². The quantitative estimate of drug-likeness (QED) is 0.700. The Hall–Kier alpha value is -1.96. The average Bonchev–Trinajstić information content (AvgIpc) is 2.61. The van der Waals surface area contributed by atoms with Gasteiger partial charge in [-0.2, -0.15) is 0 Å². The number of hydrogen-bond acceptors (Lipinski definition) is 5. The first kappa shape index (κ1) is 20.8. The van der Waals surface area contributed by atoms with E-state index in [2.05, 4.69) is 5.32 Å². The number of halogens is 2. The molecule has 0 saturated carbocycles. The highest BCUT2D eigenvalue weighted by molar-refractivity contribution is 7.90. The Morgan fingerprint density at radius 1 is 1.39 bits per heavy atom. The largest absolute Gasteiger partial charge is 0.368 e. The molecule has 9 heteroatoms. The van der Waals surface area contributed by atoms with Gasteiger partial charge >= 0.3 is 0 Å². The van der Waals surface area contributed by atoms with Crippen LogP contribution in [0.3, 0.4) is 0 Å². The van der Waals surface area contributed by atoms with Crippen LogP contribution < -0.4 is 11.1 Å². The fourth-order valence-electron chi connectivity index (χ4n) is 3.49. The van der Waals surface area contributed by atoms with Crippen LogP contribution in [0.5, 0.6) is 0 Å². The molecule has 150 valence electrons. The maximum atomic E-state index is 12.2. The minimum absolute atomic E-state index is 0.222. The number of alkyl halides is 1. The molecule has 6 nitrogen and oxygen atoms in total. The lowest BCUT2D eigenvalue weighted by molar-refractivity contribution is -0.114. The Kier molecular flexibility index (Phi) is 6.07. The number of dihydropyridines is 1. The van der Waals surface area contributed by atoms with Gasteiger partial charge in [-0.05, 0) is 48.8 Å². The average molecular weight is 442 g/mol. The molecule has 0 bridgehead atoms. The molecule has 3 rings (SSSR count). The highest BCUT2D eigenvalue weighted by Crippen LogP contribution is 2.33. The van der Waals surface area contributed by atoms with Gasteiger partial charge in [0.15, 0.2) is 9.84 Å². The van der Waals surface area contributed by atoms with Crippen molar-refractivity contribution in [3.63, 3.8) is 0 Å². The molecule has 2 heterocycles. The predicted octanol–water partition coefficient (Wildman–Crippen LogP) is 2.69. The van der Waals surface area contributed by atoms with Gasteiger partial charge in [0.1, 0.15) is 0 Å². The number of piperidine rings is 1. The van der Waals surface area contributed by atoms with Crippen molar-refractivity contribution in [1.29, 1.82) is 0 Å². The van der Waals surface area contributed by atoms with Crippen LogP contribution in [0, 0.1) is 0 Å². The van der Waals surface area contributed by atoms with Gasteiger partial charge in [0, 0.05) is 30.6 Å². The van der Waals surface area contributed by atoms with Gasteiger partial charge in [-0.1, -0.05) is 11.6 Å². The zero-order chi connectivity index (χ0) is 20.5. The number of carbonyl (C=O) groups is 1. The molecular weight excluding hydrogens is 421 g/mol. The van der Waals surface area contributed by atoms with Gasteiger partial charge in [0.25, 0.3) is 5.91 Å². The number of nitrogens with zero attached hydrogens (tertiary/aromatic N) is 1. The van der Waals surface area contributed by atoms with Crippen molar-refractivity contribution in [2.45, 2.75) is 29.7 Å². The van der Waals surface area contributed by atoms with Gasteiger partial charge < -0.3 is 16.0 Å². The molecule has 3 N–H and O–H groups in total. The van der Waals surface area contributed by atoms with Crippen molar-refractivity contribution in [2.75, 3.05) is 12.8 Å². The van der Waals surface area contributed by atoms with E-state index in [0.29, 0.717) is 34.9 Å². The number of amides is 1. The Morgan fingerprint density at radius 2 is 2.14 bits per heavy atom. The van der Waals surface area contributed by atoms with Crippen LogP contribution in [0.15, 0.2) is 58.4 Å². The Labute approximate surface area is 174 Å². The number of allylic oxidation sites excluding steroid dienone is 3. The molecule has 1 aromatic carbocycles. The number of benzene rings is 1. The van der Waals surface area contributed by atoms with E-state index in [9.17, 15) is 13.2 Å². The lowest BCUT2D eigenvalue weighted by atomic mass is 9.98. The van der Waals surface area contributed by atoms with Gasteiger partial charge in [-0.3, -0.25) is 4.79 Å². The van der Waals surface area contributed by atoms with Crippen LogP contribution in [-0.4, -0.2) is 37.4 Å². The Balaban J connectivity index is 2.08. The number of nitrogens with two attached hydrogens (primary N) is 1. The maximum Gasteiger partial charge on any atom is 0.250 e. The molecule has 0 radical (unpaired) electrons. The van der Waals surface area contributed by atoms with E-state index in [4.69, 9.17) is 28.9 Å².